The quantitative estimate of drug-likeness (QED) is 0.335. The molecule has 35 heavy (non-hydrogen) atoms. The molecule has 2 aliphatic rings. The number of benzene rings is 1. The van der Waals surface area contributed by atoms with Crippen LogP contribution in [0.4, 0.5) is 10.7 Å². The third kappa shape index (κ3) is 6.28. The van der Waals surface area contributed by atoms with Gasteiger partial charge >= 0.3 is 5.97 Å². The third-order valence-corrected chi connectivity index (χ3v) is 9.16. The van der Waals surface area contributed by atoms with Crippen LogP contribution in [0.15, 0.2) is 29.2 Å². The van der Waals surface area contributed by atoms with Crippen LogP contribution >= 0.6 is 23.1 Å². The smallest absolute Gasteiger partial charge is 0.341 e. The molecule has 1 heterocycles. The standard InChI is InChI=1S/C27H34N2O4S2/c1-16-12-13-21-22(14-16)35-26(23(21)27(32)33-3)29-24(30)17(2)34-20-11-7-10-19(15-20)28-25(31)18-8-5-4-6-9-18/h7,10-11,15-18H,4-6,8-9,12-14H2,1-3H3,(H,28,31)(H,29,30). The number of thioether (sulfide) groups is 1. The summed E-state index contributed by atoms with van der Waals surface area (Å²) in [4.78, 5) is 40.3. The van der Waals surface area contributed by atoms with Crippen LogP contribution in [-0.2, 0) is 27.2 Å². The van der Waals surface area contributed by atoms with E-state index in [4.69, 9.17) is 4.74 Å². The van der Waals surface area contributed by atoms with Crippen LogP contribution in [0.1, 0.15) is 73.2 Å². The van der Waals surface area contributed by atoms with Crippen molar-refractivity contribution in [2.45, 2.75) is 75.4 Å². The van der Waals surface area contributed by atoms with E-state index in [1.54, 1.807) is 0 Å². The van der Waals surface area contributed by atoms with Crippen molar-refractivity contribution in [2.75, 3.05) is 17.7 Å². The Bertz CT molecular complexity index is 1090. The number of carbonyl (C=O) groups is 3. The number of methoxy groups -OCH3 is 1. The lowest BCUT2D eigenvalue weighted by Gasteiger charge is -2.21. The van der Waals surface area contributed by atoms with E-state index < -0.39 is 5.97 Å². The van der Waals surface area contributed by atoms with Crippen LogP contribution in [0.5, 0.6) is 0 Å². The molecule has 2 aromatic rings. The molecule has 8 heteroatoms. The maximum absolute atomic E-state index is 13.1. The molecule has 1 aromatic carbocycles. The van der Waals surface area contributed by atoms with E-state index in [0.29, 0.717) is 16.5 Å². The number of anilines is 2. The summed E-state index contributed by atoms with van der Waals surface area (Å²) in [6, 6.07) is 7.64. The number of amides is 2. The number of thiophene rings is 1. The van der Waals surface area contributed by atoms with Crippen molar-refractivity contribution in [1.82, 2.24) is 0 Å². The molecule has 4 rings (SSSR count). The fourth-order valence-electron chi connectivity index (χ4n) is 4.88. The van der Waals surface area contributed by atoms with Gasteiger partial charge in [-0.15, -0.1) is 23.1 Å². The molecular weight excluding hydrogens is 480 g/mol. The normalized spacial score (nSPS) is 18.9. The molecule has 0 radical (unpaired) electrons. The fraction of sp³-hybridized carbons (Fsp3) is 0.519. The molecule has 2 atom stereocenters. The summed E-state index contributed by atoms with van der Waals surface area (Å²) in [6.07, 6.45) is 8.13. The summed E-state index contributed by atoms with van der Waals surface area (Å²) < 4.78 is 5.03. The third-order valence-electron chi connectivity index (χ3n) is 6.90. The SMILES string of the molecule is COC(=O)c1c(NC(=O)C(C)Sc2cccc(NC(=O)C3CCCCC3)c2)sc2c1CCC(C)C2. The molecule has 6 nitrogen and oxygen atoms in total. The van der Waals surface area contributed by atoms with Crippen LogP contribution in [0.2, 0.25) is 0 Å². The highest BCUT2D eigenvalue weighted by molar-refractivity contribution is 8.00. The Morgan fingerprint density at radius 2 is 1.89 bits per heavy atom. The Labute approximate surface area is 215 Å². The summed E-state index contributed by atoms with van der Waals surface area (Å²) in [5.74, 6) is 0.186. The number of hydrogen-bond acceptors (Lipinski definition) is 6. The zero-order valence-electron chi connectivity index (χ0n) is 20.6. The van der Waals surface area contributed by atoms with Gasteiger partial charge in [0.1, 0.15) is 5.00 Å². The topological polar surface area (TPSA) is 84.5 Å². The Kier molecular flexibility index (Phi) is 8.55. The Balaban J connectivity index is 1.41. The van der Waals surface area contributed by atoms with Crippen molar-refractivity contribution in [3.05, 3.63) is 40.3 Å². The molecule has 2 aliphatic carbocycles. The van der Waals surface area contributed by atoms with Crippen molar-refractivity contribution >= 4 is 51.6 Å². The van der Waals surface area contributed by atoms with Gasteiger partial charge in [-0.3, -0.25) is 9.59 Å². The van der Waals surface area contributed by atoms with Gasteiger partial charge in [0.25, 0.3) is 0 Å². The monoisotopic (exact) mass is 514 g/mol. The summed E-state index contributed by atoms with van der Waals surface area (Å²) in [5.41, 5.74) is 2.29. The summed E-state index contributed by atoms with van der Waals surface area (Å²) in [7, 11) is 1.38. The first-order valence-corrected chi connectivity index (χ1v) is 14.2. The fourth-order valence-corrected chi connectivity index (χ4v) is 7.21. The van der Waals surface area contributed by atoms with Gasteiger partial charge in [-0.2, -0.15) is 0 Å². The average Bonchev–Trinajstić information content (AvgIpc) is 3.20. The van der Waals surface area contributed by atoms with E-state index in [-0.39, 0.29) is 23.0 Å². The minimum absolute atomic E-state index is 0.0870. The molecule has 0 spiro atoms. The van der Waals surface area contributed by atoms with Crippen molar-refractivity contribution in [2.24, 2.45) is 11.8 Å². The van der Waals surface area contributed by atoms with E-state index in [0.717, 1.165) is 61.1 Å². The van der Waals surface area contributed by atoms with Crippen LogP contribution < -0.4 is 10.6 Å². The maximum atomic E-state index is 13.1. The largest absolute Gasteiger partial charge is 0.465 e. The van der Waals surface area contributed by atoms with Gasteiger partial charge in [-0.05, 0) is 68.7 Å². The molecule has 1 fully saturated rings. The molecule has 0 aliphatic heterocycles. The highest BCUT2D eigenvalue weighted by atomic mass is 32.2. The Morgan fingerprint density at radius 3 is 2.63 bits per heavy atom. The van der Waals surface area contributed by atoms with Crippen LogP contribution in [0.3, 0.4) is 0 Å². The molecule has 2 unspecified atom stereocenters. The second kappa shape index (κ2) is 11.6. The van der Waals surface area contributed by atoms with E-state index in [1.165, 1.54) is 41.5 Å². The molecule has 2 N–H and O–H groups in total. The Morgan fingerprint density at radius 1 is 1.11 bits per heavy atom. The van der Waals surface area contributed by atoms with Gasteiger partial charge in [-0.25, -0.2) is 4.79 Å². The van der Waals surface area contributed by atoms with Gasteiger partial charge in [-0.1, -0.05) is 32.3 Å². The molecule has 188 valence electrons. The number of nitrogens with one attached hydrogen (secondary N) is 2. The number of rotatable bonds is 7. The van der Waals surface area contributed by atoms with Gasteiger partial charge in [0.2, 0.25) is 11.8 Å². The summed E-state index contributed by atoms with van der Waals surface area (Å²) >= 11 is 2.92. The number of esters is 1. The van der Waals surface area contributed by atoms with E-state index in [2.05, 4.69) is 17.6 Å². The van der Waals surface area contributed by atoms with E-state index in [1.807, 2.05) is 31.2 Å². The molecule has 0 bridgehead atoms. The first kappa shape index (κ1) is 25.8. The predicted molar refractivity (Wildman–Crippen MR) is 142 cm³/mol. The number of fused-ring (bicyclic) bond motifs is 1. The second-order valence-corrected chi connectivity index (χ2v) is 12.2. The van der Waals surface area contributed by atoms with Crippen molar-refractivity contribution in [3.8, 4) is 0 Å². The average molecular weight is 515 g/mol. The Hall–Kier alpha value is -2.32. The minimum Gasteiger partial charge on any atom is -0.465 e. The second-order valence-electron chi connectivity index (χ2n) is 9.65. The first-order chi connectivity index (χ1) is 16.9. The highest BCUT2D eigenvalue weighted by Crippen LogP contribution is 2.40. The van der Waals surface area contributed by atoms with Gasteiger partial charge in [0.05, 0.1) is 17.9 Å². The summed E-state index contributed by atoms with van der Waals surface area (Å²) in [5, 5.41) is 6.24. The number of carbonyl (C=O) groups excluding carboxylic acids is 3. The predicted octanol–water partition coefficient (Wildman–Crippen LogP) is 6.30. The maximum Gasteiger partial charge on any atom is 0.341 e. The lowest BCUT2D eigenvalue weighted by atomic mass is 9.88. The minimum atomic E-state index is -0.394. The van der Waals surface area contributed by atoms with E-state index >= 15 is 0 Å². The van der Waals surface area contributed by atoms with Crippen molar-refractivity contribution < 1.29 is 19.1 Å². The van der Waals surface area contributed by atoms with Crippen molar-refractivity contribution in [3.63, 3.8) is 0 Å². The lowest BCUT2D eigenvalue weighted by Crippen LogP contribution is -2.24. The first-order valence-electron chi connectivity index (χ1n) is 12.5. The van der Waals surface area contributed by atoms with Crippen LogP contribution in [0.25, 0.3) is 0 Å². The van der Waals surface area contributed by atoms with Gasteiger partial charge in [0.15, 0.2) is 0 Å². The number of hydrogen-bond donors (Lipinski definition) is 2. The van der Waals surface area contributed by atoms with Crippen molar-refractivity contribution in [1.29, 1.82) is 0 Å². The molecule has 1 aromatic heterocycles. The zero-order valence-corrected chi connectivity index (χ0v) is 22.3. The van der Waals surface area contributed by atoms with Crippen LogP contribution in [-0.4, -0.2) is 30.1 Å². The lowest BCUT2D eigenvalue weighted by molar-refractivity contribution is -0.120. The molecule has 1 saturated carbocycles. The molecular formula is C27H34N2O4S2. The van der Waals surface area contributed by atoms with Gasteiger partial charge in [0, 0.05) is 21.4 Å². The zero-order chi connectivity index (χ0) is 24.9. The number of ether oxygens (including phenoxy) is 1. The van der Waals surface area contributed by atoms with E-state index in [9.17, 15) is 14.4 Å². The van der Waals surface area contributed by atoms with Gasteiger partial charge < -0.3 is 15.4 Å². The van der Waals surface area contributed by atoms with Crippen LogP contribution in [0, 0.1) is 11.8 Å². The highest BCUT2D eigenvalue weighted by Gasteiger charge is 2.30. The summed E-state index contributed by atoms with van der Waals surface area (Å²) in [6.45, 7) is 4.06. The molecule has 0 saturated heterocycles. The molecule has 2 amide bonds.